The van der Waals surface area contributed by atoms with Crippen LogP contribution in [0, 0.1) is 41.5 Å². The number of hydrogen-bond donors (Lipinski definition) is 2. The van der Waals surface area contributed by atoms with E-state index in [0.717, 1.165) is 89.4 Å². The standard InChI is InChI=1S/C50H40Cl2N4/c1-27-23-29(3)45(30(4)24-27)49-41-19-15-37(53-41)47(33-7-11-35(51)12-8-33)39-17-21-43(55-39)50(46-31(5)25-28(2)26-32(46)6)44-22-18-40(56-44)48(38-16-20-42(49)54-38)34-9-13-36(52)14-10-34/h7-26,53,56H,1-6H3. The van der Waals surface area contributed by atoms with Crippen LogP contribution in [0.2, 0.25) is 10.0 Å². The molecule has 0 saturated carbocycles. The lowest BCUT2D eigenvalue weighted by Gasteiger charge is -2.13. The van der Waals surface area contributed by atoms with Crippen molar-refractivity contribution >= 4 is 69.6 Å². The van der Waals surface area contributed by atoms with Gasteiger partial charge in [-0.05, 0) is 159 Å². The lowest BCUT2D eigenvalue weighted by molar-refractivity contribution is 1.28. The first-order chi connectivity index (χ1) is 27.0. The summed E-state index contributed by atoms with van der Waals surface area (Å²) >= 11 is 12.9. The van der Waals surface area contributed by atoms with Gasteiger partial charge >= 0.3 is 0 Å². The maximum Gasteiger partial charge on any atom is 0.0737 e. The molecular weight excluding hydrogens is 727 g/mol. The molecule has 0 atom stereocenters. The molecule has 274 valence electrons. The smallest absolute Gasteiger partial charge is 0.0737 e. The van der Waals surface area contributed by atoms with Crippen molar-refractivity contribution in [1.29, 1.82) is 0 Å². The van der Waals surface area contributed by atoms with Crippen LogP contribution in [0.5, 0.6) is 0 Å². The van der Waals surface area contributed by atoms with Crippen LogP contribution < -0.4 is 0 Å². The topological polar surface area (TPSA) is 57.4 Å². The van der Waals surface area contributed by atoms with Gasteiger partial charge in [-0.2, -0.15) is 0 Å². The van der Waals surface area contributed by atoms with E-state index in [4.69, 9.17) is 33.2 Å². The third kappa shape index (κ3) is 6.29. The van der Waals surface area contributed by atoms with E-state index in [1.54, 1.807) is 0 Å². The summed E-state index contributed by atoms with van der Waals surface area (Å²) in [5, 5.41) is 1.37. The van der Waals surface area contributed by atoms with Crippen LogP contribution in [-0.4, -0.2) is 19.9 Å². The molecule has 0 aliphatic carbocycles. The number of H-pyrrole nitrogens is 2. The van der Waals surface area contributed by atoms with Crippen molar-refractivity contribution in [3.05, 3.63) is 163 Å². The van der Waals surface area contributed by atoms with E-state index in [9.17, 15) is 0 Å². The van der Waals surface area contributed by atoms with Crippen molar-refractivity contribution < 1.29 is 0 Å². The van der Waals surface area contributed by atoms with Crippen molar-refractivity contribution in [1.82, 2.24) is 19.9 Å². The number of aromatic amines is 2. The Balaban J connectivity index is 1.50. The largest absolute Gasteiger partial charge is 0.354 e. The number of nitrogens with one attached hydrogen (secondary N) is 2. The van der Waals surface area contributed by atoms with Crippen LogP contribution in [0.25, 0.3) is 90.9 Å². The molecule has 5 heterocycles. The highest BCUT2D eigenvalue weighted by molar-refractivity contribution is 6.31. The van der Waals surface area contributed by atoms with Gasteiger partial charge in [0, 0.05) is 54.4 Å². The molecule has 56 heavy (non-hydrogen) atoms. The normalized spacial score (nSPS) is 12.1. The van der Waals surface area contributed by atoms with Crippen LogP contribution >= 0.6 is 23.2 Å². The summed E-state index contributed by atoms with van der Waals surface area (Å²) in [7, 11) is 0. The SMILES string of the molecule is Cc1cc(C)c(-c2c3nc(c(-c4ccc(Cl)cc4)c4ccc([nH]4)c(-c4c(C)cc(C)cc4C)c4nc(c(-c5ccc(Cl)cc5)c5ccc2[nH]5)C=C4)C=C3)c(C)c1. The van der Waals surface area contributed by atoms with Crippen molar-refractivity contribution in [2.75, 3.05) is 0 Å². The third-order valence-corrected chi connectivity index (χ3v) is 11.4. The average molecular weight is 768 g/mol. The summed E-state index contributed by atoms with van der Waals surface area (Å²) in [6.07, 6.45) is 8.56. The Kier molecular flexibility index (Phi) is 8.92. The number of aromatic nitrogens is 4. The predicted molar refractivity (Wildman–Crippen MR) is 239 cm³/mol. The van der Waals surface area contributed by atoms with Crippen molar-refractivity contribution in [2.24, 2.45) is 0 Å². The number of benzene rings is 4. The fraction of sp³-hybridized carbons (Fsp3) is 0.120. The van der Waals surface area contributed by atoms with Crippen LogP contribution in [0.1, 0.15) is 56.2 Å². The summed E-state index contributed by atoms with van der Waals surface area (Å²) in [5.74, 6) is 0. The van der Waals surface area contributed by atoms with Crippen LogP contribution in [0.4, 0.5) is 0 Å². The first-order valence-corrected chi connectivity index (χ1v) is 19.6. The van der Waals surface area contributed by atoms with E-state index in [0.29, 0.717) is 10.0 Å². The molecule has 0 saturated heterocycles. The minimum Gasteiger partial charge on any atom is -0.354 e. The zero-order chi connectivity index (χ0) is 38.8. The molecule has 4 aromatic carbocycles. The van der Waals surface area contributed by atoms with Gasteiger partial charge in [0.05, 0.1) is 22.8 Å². The van der Waals surface area contributed by atoms with Crippen molar-refractivity contribution in [2.45, 2.75) is 41.5 Å². The fourth-order valence-corrected chi connectivity index (χ4v) is 8.97. The number of halogens is 2. The Bertz CT molecular complexity index is 2730. The second-order valence-electron chi connectivity index (χ2n) is 15.1. The molecule has 9 rings (SSSR count). The molecule has 3 aromatic heterocycles. The minimum atomic E-state index is 0.683. The van der Waals surface area contributed by atoms with Gasteiger partial charge in [-0.3, -0.25) is 0 Å². The first kappa shape index (κ1) is 35.7. The fourth-order valence-electron chi connectivity index (χ4n) is 8.72. The summed E-state index contributed by atoms with van der Waals surface area (Å²) in [4.78, 5) is 18.7. The molecule has 2 aliphatic rings. The number of rotatable bonds is 4. The quantitative estimate of drug-likeness (QED) is 0.187. The highest BCUT2D eigenvalue weighted by Crippen LogP contribution is 2.41. The van der Waals surface area contributed by atoms with E-state index in [1.807, 2.05) is 24.3 Å². The summed E-state index contributed by atoms with van der Waals surface area (Å²) < 4.78 is 0. The predicted octanol–water partition coefficient (Wildman–Crippen LogP) is 14.5. The molecule has 0 fully saturated rings. The summed E-state index contributed by atoms with van der Waals surface area (Å²) in [5.41, 5.74) is 23.0. The lowest BCUT2D eigenvalue weighted by atomic mass is 9.92. The Morgan fingerprint density at radius 3 is 0.964 bits per heavy atom. The highest BCUT2D eigenvalue weighted by atomic mass is 35.5. The Labute approximate surface area is 337 Å². The maximum absolute atomic E-state index is 6.45. The summed E-state index contributed by atoms with van der Waals surface area (Å²) in [6.45, 7) is 13.0. The van der Waals surface area contributed by atoms with E-state index in [2.05, 4.69) is 149 Å². The Hall–Kier alpha value is -5.94. The zero-order valence-electron chi connectivity index (χ0n) is 32.2. The maximum atomic E-state index is 6.45. The molecule has 0 radical (unpaired) electrons. The summed E-state index contributed by atoms with van der Waals surface area (Å²) in [6, 6.07) is 33.7. The van der Waals surface area contributed by atoms with Gasteiger partial charge in [0.2, 0.25) is 0 Å². The third-order valence-electron chi connectivity index (χ3n) is 10.9. The van der Waals surface area contributed by atoms with E-state index >= 15 is 0 Å². The van der Waals surface area contributed by atoms with Gasteiger partial charge in [-0.15, -0.1) is 0 Å². The molecule has 7 aromatic rings. The molecule has 8 bridgehead atoms. The number of aryl methyl sites for hydroxylation is 6. The van der Waals surface area contributed by atoms with Crippen molar-refractivity contribution in [3.8, 4) is 44.5 Å². The molecule has 4 nitrogen and oxygen atoms in total. The molecule has 0 amide bonds. The molecule has 2 aliphatic heterocycles. The van der Waals surface area contributed by atoms with Gasteiger partial charge < -0.3 is 9.97 Å². The minimum absolute atomic E-state index is 0.683. The molecular formula is C50H40Cl2N4. The molecule has 2 N–H and O–H groups in total. The zero-order valence-corrected chi connectivity index (χ0v) is 33.7. The van der Waals surface area contributed by atoms with Crippen LogP contribution in [0.3, 0.4) is 0 Å². The van der Waals surface area contributed by atoms with Gasteiger partial charge in [0.1, 0.15) is 0 Å². The lowest BCUT2D eigenvalue weighted by Crippen LogP contribution is -1.94. The molecule has 6 heteroatoms. The average Bonchev–Trinajstić information content (AvgIpc) is 3.99. The van der Waals surface area contributed by atoms with Crippen molar-refractivity contribution in [3.63, 3.8) is 0 Å². The van der Waals surface area contributed by atoms with Gasteiger partial charge in [-0.25, -0.2) is 9.97 Å². The number of nitrogens with zero attached hydrogens (tertiary/aromatic N) is 2. The van der Waals surface area contributed by atoms with E-state index in [-0.39, 0.29) is 0 Å². The molecule has 0 unspecified atom stereocenters. The van der Waals surface area contributed by atoms with Gasteiger partial charge in [0.15, 0.2) is 0 Å². The van der Waals surface area contributed by atoms with E-state index < -0.39 is 0 Å². The Morgan fingerprint density at radius 1 is 0.357 bits per heavy atom. The van der Waals surface area contributed by atoms with E-state index in [1.165, 1.54) is 33.4 Å². The Morgan fingerprint density at radius 2 is 0.643 bits per heavy atom. The first-order valence-electron chi connectivity index (χ1n) is 18.9. The van der Waals surface area contributed by atoms with Crippen LogP contribution in [0.15, 0.2) is 97.1 Å². The van der Waals surface area contributed by atoms with Gasteiger partial charge in [0.25, 0.3) is 0 Å². The second kappa shape index (κ2) is 14.0. The number of fused-ring (bicyclic) bond motifs is 8. The van der Waals surface area contributed by atoms with Gasteiger partial charge in [-0.1, -0.05) is 82.9 Å². The number of hydrogen-bond acceptors (Lipinski definition) is 2. The van der Waals surface area contributed by atoms with Crippen LogP contribution in [-0.2, 0) is 0 Å². The second-order valence-corrected chi connectivity index (χ2v) is 15.9. The highest BCUT2D eigenvalue weighted by Gasteiger charge is 2.21. The monoisotopic (exact) mass is 766 g/mol. The molecule has 0 spiro atoms.